The first-order valence-electron chi connectivity index (χ1n) is 6.40. The average molecular weight is 268 g/mol. The van der Waals surface area contributed by atoms with Crippen molar-refractivity contribution < 1.29 is 4.79 Å². The predicted octanol–water partition coefficient (Wildman–Crippen LogP) is 2.46. The van der Waals surface area contributed by atoms with E-state index in [1.807, 2.05) is 4.90 Å². The minimum Gasteiger partial charge on any atom is -0.340 e. The second-order valence-electron chi connectivity index (χ2n) is 4.73. The van der Waals surface area contributed by atoms with Gasteiger partial charge < -0.3 is 4.90 Å². The molecular weight excluding hydrogens is 250 g/mol. The number of aromatic nitrogens is 2. The number of carbonyl (C=O) groups excluding carboxylic acids is 1. The highest BCUT2D eigenvalue weighted by Crippen LogP contribution is 2.21. The number of aryl methyl sites for hydroxylation is 1. The van der Waals surface area contributed by atoms with Gasteiger partial charge in [0.2, 0.25) is 5.91 Å². The Morgan fingerprint density at radius 2 is 2.33 bits per heavy atom. The number of likely N-dealkylation sites (tertiary alicyclic amines) is 1. The van der Waals surface area contributed by atoms with Gasteiger partial charge in [0.05, 0.1) is 11.9 Å². The minimum atomic E-state index is 0.178. The Balaban J connectivity index is 1.93. The number of carbonyl (C=O) groups is 1. The molecule has 1 aromatic rings. The molecule has 1 aromatic heterocycles. The number of amides is 1. The van der Waals surface area contributed by atoms with Crippen molar-refractivity contribution in [1.82, 2.24) is 14.9 Å². The molecule has 0 spiro atoms. The molecule has 1 atom stereocenters. The summed E-state index contributed by atoms with van der Waals surface area (Å²) in [6.45, 7) is 2.54. The zero-order valence-electron chi connectivity index (χ0n) is 10.6. The lowest BCUT2D eigenvalue weighted by atomic mass is 9.97. The Morgan fingerprint density at radius 3 is 3.06 bits per heavy atom. The Bertz CT molecular complexity index is 424. The van der Waals surface area contributed by atoms with Crippen LogP contribution in [0.1, 0.15) is 38.3 Å². The maximum absolute atomic E-state index is 11.6. The van der Waals surface area contributed by atoms with Crippen molar-refractivity contribution in [2.45, 2.75) is 45.1 Å². The average Bonchev–Trinajstić information content (AvgIpc) is 2.37. The third-order valence-corrected chi connectivity index (χ3v) is 3.60. The molecule has 1 aliphatic rings. The van der Waals surface area contributed by atoms with Gasteiger partial charge in [-0.1, -0.05) is 11.6 Å². The van der Waals surface area contributed by atoms with Crippen molar-refractivity contribution in [1.29, 1.82) is 0 Å². The third-order valence-electron chi connectivity index (χ3n) is 3.42. The van der Waals surface area contributed by atoms with E-state index in [0.29, 0.717) is 11.2 Å². The van der Waals surface area contributed by atoms with E-state index in [-0.39, 0.29) is 5.91 Å². The lowest BCUT2D eigenvalue weighted by Crippen LogP contribution is -2.42. The second-order valence-corrected chi connectivity index (χ2v) is 5.12. The summed E-state index contributed by atoms with van der Waals surface area (Å²) in [6.07, 6.45) is 8.45. The van der Waals surface area contributed by atoms with Gasteiger partial charge >= 0.3 is 0 Å². The maximum Gasteiger partial charge on any atom is 0.219 e. The fourth-order valence-electron chi connectivity index (χ4n) is 2.53. The summed E-state index contributed by atoms with van der Waals surface area (Å²) in [6, 6.07) is 0.344. The van der Waals surface area contributed by atoms with Gasteiger partial charge in [0.25, 0.3) is 0 Å². The summed E-state index contributed by atoms with van der Waals surface area (Å²) in [5.41, 5.74) is 0.900. The maximum atomic E-state index is 11.6. The summed E-state index contributed by atoms with van der Waals surface area (Å²) in [7, 11) is 0. The van der Waals surface area contributed by atoms with Gasteiger partial charge in [0, 0.05) is 25.7 Å². The van der Waals surface area contributed by atoms with E-state index in [1.165, 1.54) is 12.6 Å². The molecule has 18 heavy (non-hydrogen) atoms. The van der Waals surface area contributed by atoms with Crippen LogP contribution in [0.2, 0.25) is 5.15 Å². The van der Waals surface area contributed by atoms with E-state index in [2.05, 4.69) is 9.97 Å². The third kappa shape index (κ3) is 3.42. The Kier molecular flexibility index (Phi) is 4.53. The van der Waals surface area contributed by atoms with Crippen LogP contribution in [0.4, 0.5) is 0 Å². The van der Waals surface area contributed by atoms with Gasteiger partial charge in [-0.2, -0.15) is 0 Å². The van der Waals surface area contributed by atoms with Crippen LogP contribution in [0, 0.1) is 0 Å². The molecule has 1 unspecified atom stereocenters. The number of hydrogen-bond donors (Lipinski definition) is 0. The lowest BCUT2D eigenvalue weighted by Gasteiger charge is -2.35. The fourth-order valence-corrected chi connectivity index (χ4v) is 2.69. The molecule has 2 rings (SSSR count). The smallest absolute Gasteiger partial charge is 0.219 e. The summed E-state index contributed by atoms with van der Waals surface area (Å²) in [5, 5.41) is 0.430. The molecule has 5 heteroatoms. The Labute approximate surface area is 112 Å². The Hall–Kier alpha value is -1.16. The van der Waals surface area contributed by atoms with Crippen molar-refractivity contribution in [3.05, 3.63) is 23.2 Å². The molecule has 0 aromatic carbocycles. The van der Waals surface area contributed by atoms with E-state index in [4.69, 9.17) is 11.6 Å². The molecule has 1 aliphatic heterocycles. The van der Waals surface area contributed by atoms with E-state index in [9.17, 15) is 4.79 Å². The fraction of sp³-hybridized carbons (Fsp3) is 0.615. The van der Waals surface area contributed by atoms with Crippen molar-refractivity contribution in [3.8, 4) is 0 Å². The molecule has 0 radical (unpaired) electrons. The van der Waals surface area contributed by atoms with Crippen LogP contribution < -0.4 is 0 Å². The largest absolute Gasteiger partial charge is 0.340 e. The quantitative estimate of drug-likeness (QED) is 0.845. The van der Waals surface area contributed by atoms with Gasteiger partial charge in [-0.05, 0) is 32.1 Å². The molecule has 98 valence electrons. The number of rotatable bonds is 3. The number of halogens is 1. The van der Waals surface area contributed by atoms with Crippen molar-refractivity contribution >= 4 is 17.5 Å². The first kappa shape index (κ1) is 13.3. The van der Waals surface area contributed by atoms with E-state index in [0.717, 1.165) is 37.9 Å². The molecule has 4 nitrogen and oxygen atoms in total. The highest BCUT2D eigenvalue weighted by atomic mass is 35.5. The number of hydrogen-bond acceptors (Lipinski definition) is 3. The van der Waals surface area contributed by atoms with Gasteiger partial charge in [-0.15, -0.1) is 0 Å². The summed E-state index contributed by atoms with van der Waals surface area (Å²) in [5.74, 6) is 0.178. The summed E-state index contributed by atoms with van der Waals surface area (Å²) >= 11 is 5.81. The highest BCUT2D eigenvalue weighted by molar-refractivity contribution is 6.29. The molecule has 0 saturated carbocycles. The van der Waals surface area contributed by atoms with Crippen LogP contribution in [0.25, 0.3) is 0 Å². The van der Waals surface area contributed by atoms with Gasteiger partial charge in [0.15, 0.2) is 0 Å². The van der Waals surface area contributed by atoms with Crippen LogP contribution in [-0.2, 0) is 11.2 Å². The summed E-state index contributed by atoms with van der Waals surface area (Å²) in [4.78, 5) is 21.8. The first-order valence-corrected chi connectivity index (χ1v) is 6.78. The minimum absolute atomic E-state index is 0.178. The van der Waals surface area contributed by atoms with Crippen LogP contribution in [-0.4, -0.2) is 33.4 Å². The molecule has 0 bridgehead atoms. The molecule has 2 heterocycles. The molecule has 1 saturated heterocycles. The number of nitrogens with zero attached hydrogens (tertiary/aromatic N) is 3. The van der Waals surface area contributed by atoms with Crippen molar-refractivity contribution in [3.63, 3.8) is 0 Å². The molecule has 0 N–H and O–H groups in total. The molecule has 0 aliphatic carbocycles. The van der Waals surface area contributed by atoms with Gasteiger partial charge in [-0.3, -0.25) is 9.78 Å². The van der Waals surface area contributed by atoms with Crippen molar-refractivity contribution in [2.24, 2.45) is 0 Å². The monoisotopic (exact) mass is 267 g/mol. The molecule has 1 amide bonds. The van der Waals surface area contributed by atoms with E-state index in [1.54, 1.807) is 13.1 Å². The molecular formula is C13H18ClN3O. The lowest BCUT2D eigenvalue weighted by molar-refractivity contribution is -0.132. The van der Waals surface area contributed by atoms with E-state index < -0.39 is 0 Å². The van der Waals surface area contributed by atoms with Crippen LogP contribution in [0.5, 0.6) is 0 Å². The highest BCUT2D eigenvalue weighted by Gasteiger charge is 2.23. The predicted molar refractivity (Wildman–Crippen MR) is 70.4 cm³/mol. The second kappa shape index (κ2) is 6.14. The zero-order valence-corrected chi connectivity index (χ0v) is 11.4. The van der Waals surface area contributed by atoms with Crippen LogP contribution >= 0.6 is 11.6 Å². The van der Waals surface area contributed by atoms with Crippen LogP contribution in [0.3, 0.4) is 0 Å². The van der Waals surface area contributed by atoms with Crippen molar-refractivity contribution in [2.75, 3.05) is 6.54 Å². The standard InChI is InChI=1S/C13H18ClN3O/c1-10(18)17-7-3-2-4-12(17)6-5-11-8-15-9-13(14)16-11/h8-9,12H,2-7H2,1H3. The Morgan fingerprint density at radius 1 is 1.50 bits per heavy atom. The zero-order chi connectivity index (χ0) is 13.0. The first-order chi connectivity index (χ1) is 8.66. The number of piperidine rings is 1. The van der Waals surface area contributed by atoms with Crippen LogP contribution in [0.15, 0.2) is 12.4 Å². The normalized spacial score (nSPS) is 19.9. The topological polar surface area (TPSA) is 46.1 Å². The molecule has 1 fully saturated rings. The van der Waals surface area contributed by atoms with Gasteiger partial charge in [-0.25, -0.2) is 4.98 Å². The summed E-state index contributed by atoms with van der Waals surface area (Å²) < 4.78 is 0. The SMILES string of the molecule is CC(=O)N1CCCCC1CCc1cncc(Cl)n1. The van der Waals surface area contributed by atoms with E-state index >= 15 is 0 Å². The van der Waals surface area contributed by atoms with Gasteiger partial charge in [0.1, 0.15) is 5.15 Å².